The molecule has 0 aliphatic rings. The zero-order chi connectivity index (χ0) is 20.3. The van der Waals surface area contributed by atoms with Gasteiger partial charge in [-0.2, -0.15) is 15.0 Å². The second-order valence-electron chi connectivity index (χ2n) is 6.91. The molecule has 0 spiro atoms. The number of hydrogen-bond acceptors (Lipinski definition) is 7. The third kappa shape index (κ3) is 4.79. The van der Waals surface area contributed by atoms with Gasteiger partial charge in [-0.05, 0) is 17.5 Å². The van der Waals surface area contributed by atoms with Gasteiger partial charge in [-0.3, -0.25) is 9.13 Å². The Hall–Kier alpha value is -2.64. The van der Waals surface area contributed by atoms with E-state index in [4.69, 9.17) is 5.73 Å². The number of imidazole rings is 1. The summed E-state index contributed by atoms with van der Waals surface area (Å²) in [4.78, 5) is 22.4. The van der Waals surface area contributed by atoms with Crippen molar-refractivity contribution in [2.45, 2.75) is 32.5 Å². The summed E-state index contributed by atoms with van der Waals surface area (Å²) in [6.45, 7) is 4.44. The van der Waals surface area contributed by atoms with Crippen LogP contribution in [0.15, 0.2) is 24.3 Å². The van der Waals surface area contributed by atoms with Gasteiger partial charge in [-0.15, -0.1) is 0 Å². The van der Waals surface area contributed by atoms with Crippen LogP contribution in [0.5, 0.6) is 6.01 Å². The summed E-state index contributed by atoms with van der Waals surface area (Å²) in [6.07, 6.45) is 2.11. The number of aromatic hydroxyl groups is 1. The lowest BCUT2D eigenvalue weighted by Crippen LogP contribution is -2.08. The number of hydrogen-bond donors (Lipinski definition) is 4. The van der Waals surface area contributed by atoms with E-state index in [0.29, 0.717) is 23.7 Å². The second-order valence-corrected chi connectivity index (χ2v) is 9.33. The fraction of sp³-hybridized carbons (Fsp3) is 0.389. The minimum atomic E-state index is -3.17. The Bertz CT molecular complexity index is 1030. The highest BCUT2D eigenvalue weighted by molar-refractivity contribution is 7.56. The van der Waals surface area contributed by atoms with Gasteiger partial charge in [-0.25, -0.2) is 0 Å². The molecule has 1 atom stereocenters. The molecule has 0 amide bonds. The van der Waals surface area contributed by atoms with Crippen LogP contribution in [-0.2, 0) is 17.3 Å². The minimum absolute atomic E-state index is 0.0954. The largest absolute Gasteiger partial charge is 0.480 e. The Morgan fingerprint density at radius 1 is 1.25 bits per heavy atom. The van der Waals surface area contributed by atoms with Gasteiger partial charge in [0.25, 0.3) is 6.01 Å². The lowest BCUT2D eigenvalue weighted by Gasteiger charge is -2.10. The van der Waals surface area contributed by atoms with Crippen LogP contribution in [0.25, 0.3) is 11.2 Å². The van der Waals surface area contributed by atoms with Crippen molar-refractivity contribution in [1.29, 1.82) is 0 Å². The maximum absolute atomic E-state index is 11.7. The molecule has 1 aromatic carbocycles. The summed E-state index contributed by atoms with van der Waals surface area (Å²) in [5.74, 6) is 0.583. The zero-order valence-corrected chi connectivity index (χ0v) is 16.9. The lowest BCUT2D eigenvalue weighted by atomic mass is 10.1. The normalized spacial score (nSPS) is 13.5. The van der Waals surface area contributed by atoms with Crippen molar-refractivity contribution in [2.75, 3.05) is 24.3 Å². The monoisotopic (exact) mass is 404 g/mol. The molecule has 1 unspecified atom stereocenters. The number of anilines is 2. The third-order valence-corrected chi connectivity index (χ3v) is 5.17. The van der Waals surface area contributed by atoms with Crippen molar-refractivity contribution in [2.24, 2.45) is 0 Å². The van der Waals surface area contributed by atoms with Crippen molar-refractivity contribution in [3.63, 3.8) is 0 Å². The highest BCUT2D eigenvalue weighted by atomic mass is 31.2. The second kappa shape index (κ2) is 8.16. The van der Waals surface area contributed by atoms with Crippen LogP contribution in [0.3, 0.4) is 0 Å². The van der Waals surface area contributed by atoms with Crippen LogP contribution in [0.1, 0.15) is 30.9 Å². The van der Waals surface area contributed by atoms with E-state index in [1.54, 1.807) is 10.6 Å². The van der Waals surface area contributed by atoms with Crippen molar-refractivity contribution >= 4 is 30.3 Å². The van der Waals surface area contributed by atoms with E-state index in [1.807, 2.05) is 18.2 Å². The van der Waals surface area contributed by atoms with Gasteiger partial charge in [0.05, 0.1) is 6.54 Å². The molecule has 0 saturated carbocycles. The maximum Gasteiger partial charge on any atom is 0.296 e. The Morgan fingerprint density at radius 2 is 2.00 bits per heavy atom. The van der Waals surface area contributed by atoms with Crippen molar-refractivity contribution in [3.05, 3.63) is 35.4 Å². The number of nitrogens with two attached hydrogens (primary N) is 1. The summed E-state index contributed by atoms with van der Waals surface area (Å²) < 4.78 is 13.2. The van der Waals surface area contributed by atoms with Crippen molar-refractivity contribution in [1.82, 2.24) is 19.5 Å². The van der Waals surface area contributed by atoms with E-state index in [0.717, 1.165) is 30.5 Å². The Morgan fingerprint density at radius 3 is 2.71 bits per heavy atom. The van der Waals surface area contributed by atoms with Crippen LogP contribution in [-0.4, -0.2) is 42.7 Å². The van der Waals surface area contributed by atoms with E-state index in [2.05, 4.69) is 27.2 Å². The van der Waals surface area contributed by atoms with E-state index in [9.17, 15) is 14.6 Å². The highest BCUT2D eigenvalue weighted by Crippen LogP contribution is 2.39. The van der Waals surface area contributed by atoms with Gasteiger partial charge in [0.1, 0.15) is 0 Å². The number of rotatable bonds is 8. The van der Waals surface area contributed by atoms with Crippen LogP contribution >= 0.6 is 7.37 Å². The van der Waals surface area contributed by atoms with Crippen LogP contribution in [0.2, 0.25) is 0 Å². The molecule has 9 nitrogen and oxygen atoms in total. The number of unbranched alkanes of at least 4 members (excludes halogenated alkanes) is 1. The molecule has 0 saturated heterocycles. The van der Waals surface area contributed by atoms with E-state index in [1.165, 1.54) is 6.66 Å². The van der Waals surface area contributed by atoms with Gasteiger partial charge in [-0.1, -0.05) is 37.6 Å². The first-order valence-corrected chi connectivity index (χ1v) is 11.4. The molecule has 0 bridgehead atoms. The average Bonchev–Trinajstić information content (AvgIpc) is 2.91. The quantitative estimate of drug-likeness (QED) is 0.332. The number of nitrogens with zero attached hydrogens (tertiary/aromatic N) is 4. The first kappa shape index (κ1) is 20.1. The zero-order valence-electron chi connectivity index (χ0n) is 16.0. The summed E-state index contributed by atoms with van der Waals surface area (Å²) in [7, 11) is -3.17. The molecule has 5 N–H and O–H groups in total. The highest BCUT2D eigenvalue weighted by Gasteiger charge is 2.17. The predicted molar refractivity (Wildman–Crippen MR) is 110 cm³/mol. The Balaban J connectivity index is 1.93. The summed E-state index contributed by atoms with van der Waals surface area (Å²) in [5.41, 5.74) is 8.36. The van der Waals surface area contributed by atoms with Gasteiger partial charge >= 0.3 is 0 Å². The van der Waals surface area contributed by atoms with Crippen LogP contribution in [0.4, 0.5) is 11.8 Å². The predicted octanol–water partition coefficient (Wildman–Crippen LogP) is 2.77. The fourth-order valence-corrected chi connectivity index (χ4v) is 3.83. The third-order valence-electron chi connectivity index (χ3n) is 4.22. The SMILES string of the molecule is CCCCNc1nc(N)c2nc(O)n(Cc3cccc(CP(C)(=O)O)c3)c2n1. The van der Waals surface area contributed by atoms with E-state index in [-0.39, 0.29) is 18.0 Å². The smallest absolute Gasteiger partial charge is 0.296 e. The van der Waals surface area contributed by atoms with E-state index < -0.39 is 7.37 Å². The molecule has 2 heterocycles. The minimum Gasteiger partial charge on any atom is -0.480 e. The molecule has 0 fully saturated rings. The molecule has 0 radical (unpaired) electrons. The molecular formula is C18H25N6O3P. The number of nitrogen functional groups attached to an aromatic ring is 1. The number of aromatic nitrogens is 4. The topological polar surface area (TPSA) is 139 Å². The van der Waals surface area contributed by atoms with Gasteiger partial charge in [0, 0.05) is 19.4 Å². The van der Waals surface area contributed by atoms with Gasteiger partial charge in [0.15, 0.2) is 17.0 Å². The van der Waals surface area contributed by atoms with Gasteiger partial charge in [0.2, 0.25) is 13.3 Å². The van der Waals surface area contributed by atoms with Crippen LogP contribution < -0.4 is 11.1 Å². The molecule has 150 valence electrons. The number of nitrogens with one attached hydrogen (secondary N) is 1. The summed E-state index contributed by atoms with van der Waals surface area (Å²) in [6, 6.07) is 7.12. The van der Waals surface area contributed by atoms with Crippen LogP contribution in [0, 0.1) is 0 Å². The molecule has 0 aliphatic heterocycles. The lowest BCUT2D eigenvalue weighted by molar-refractivity contribution is 0.408. The molecule has 0 aliphatic carbocycles. The molecule has 2 aromatic heterocycles. The van der Waals surface area contributed by atoms with Gasteiger partial charge < -0.3 is 21.1 Å². The molecule has 28 heavy (non-hydrogen) atoms. The Labute approximate surface area is 163 Å². The maximum atomic E-state index is 11.7. The fourth-order valence-electron chi connectivity index (χ4n) is 2.96. The van der Waals surface area contributed by atoms with Crippen molar-refractivity contribution in [3.8, 4) is 6.01 Å². The molecule has 3 aromatic rings. The molecule has 10 heteroatoms. The number of benzene rings is 1. The number of fused-ring (bicyclic) bond motifs is 1. The van der Waals surface area contributed by atoms with Crippen molar-refractivity contribution < 1.29 is 14.6 Å². The first-order valence-electron chi connectivity index (χ1n) is 9.10. The summed E-state index contributed by atoms with van der Waals surface area (Å²) >= 11 is 0. The standard InChI is InChI=1S/C18H25N6O3P/c1-3-4-8-20-17-22-15(19)14-16(23-17)24(18(25)21-14)10-12-6-5-7-13(9-12)11-28(2,26)27/h5-7,9H,3-4,8,10-11H2,1-2H3,(H,21,25)(H,26,27)(H3,19,20,22,23). The van der Waals surface area contributed by atoms with E-state index >= 15 is 0 Å². The molecular weight excluding hydrogens is 379 g/mol. The molecule has 3 rings (SSSR count). The first-order chi connectivity index (χ1) is 13.3. The summed E-state index contributed by atoms with van der Waals surface area (Å²) in [5, 5.41) is 13.4. The average molecular weight is 404 g/mol. The Kier molecular flexibility index (Phi) is 5.86.